The Kier molecular flexibility index (Phi) is 6.59. The second-order valence-corrected chi connectivity index (χ2v) is 6.71. The van der Waals surface area contributed by atoms with E-state index in [-0.39, 0.29) is 5.91 Å². The van der Waals surface area contributed by atoms with Crippen LogP contribution in [0, 0.1) is 0 Å². The lowest BCUT2D eigenvalue weighted by atomic mass is 10.1. The fraction of sp³-hybridized carbons (Fsp3) is 0.294. The summed E-state index contributed by atoms with van der Waals surface area (Å²) in [7, 11) is 1.63. The molecule has 0 bridgehead atoms. The maximum absolute atomic E-state index is 12.5. The molecule has 1 aromatic carbocycles. The van der Waals surface area contributed by atoms with Crippen LogP contribution in [0.5, 0.6) is 5.75 Å². The molecule has 0 N–H and O–H groups in total. The van der Waals surface area contributed by atoms with E-state index in [0.29, 0.717) is 25.2 Å². The maximum Gasteiger partial charge on any atom is 0.228 e. The van der Waals surface area contributed by atoms with E-state index >= 15 is 0 Å². The van der Waals surface area contributed by atoms with Crippen LogP contribution in [0.4, 0.5) is 5.82 Å². The zero-order valence-corrected chi connectivity index (χ0v) is 16.2. The largest absolute Gasteiger partial charge is 0.496 e. The van der Waals surface area contributed by atoms with Crippen molar-refractivity contribution in [3.05, 3.63) is 51.0 Å². The molecule has 0 saturated carbocycles. The molecule has 0 radical (unpaired) electrons. The van der Waals surface area contributed by atoms with Crippen LogP contribution >= 0.6 is 31.9 Å². The van der Waals surface area contributed by atoms with E-state index in [1.807, 2.05) is 37.3 Å². The number of pyridine rings is 1. The van der Waals surface area contributed by atoms with Crippen LogP contribution in [0.3, 0.4) is 0 Å². The van der Waals surface area contributed by atoms with Gasteiger partial charge in [-0.2, -0.15) is 0 Å². The molecule has 4 nitrogen and oxygen atoms in total. The number of aromatic nitrogens is 1. The van der Waals surface area contributed by atoms with E-state index in [1.54, 1.807) is 18.2 Å². The Morgan fingerprint density at radius 1 is 1.26 bits per heavy atom. The quantitative estimate of drug-likeness (QED) is 0.657. The number of rotatable bonds is 6. The van der Waals surface area contributed by atoms with Gasteiger partial charge >= 0.3 is 0 Å². The van der Waals surface area contributed by atoms with Crippen LogP contribution in [-0.2, 0) is 11.2 Å². The number of benzene rings is 1. The Balaban J connectivity index is 2.02. The number of ether oxygens (including phenoxy) is 1. The summed E-state index contributed by atoms with van der Waals surface area (Å²) in [5, 5.41) is 0. The SMILES string of the molecule is CCN(C(=O)CCc1ccc(OC)c(Br)c1)c1ccc(Br)cn1. The monoisotopic (exact) mass is 440 g/mol. The van der Waals surface area contributed by atoms with Crippen molar-refractivity contribution in [1.82, 2.24) is 4.98 Å². The number of hydrogen-bond acceptors (Lipinski definition) is 3. The molecule has 2 aromatic rings. The Hall–Kier alpha value is -1.40. The molecule has 0 fully saturated rings. The number of hydrogen-bond donors (Lipinski definition) is 0. The van der Waals surface area contributed by atoms with Gasteiger partial charge in [0.05, 0.1) is 11.6 Å². The van der Waals surface area contributed by atoms with E-state index in [2.05, 4.69) is 36.8 Å². The molecular formula is C17H18Br2N2O2. The van der Waals surface area contributed by atoms with Crippen LogP contribution in [-0.4, -0.2) is 24.5 Å². The highest BCUT2D eigenvalue weighted by Gasteiger charge is 2.15. The molecule has 0 saturated heterocycles. The van der Waals surface area contributed by atoms with E-state index in [9.17, 15) is 4.79 Å². The van der Waals surface area contributed by atoms with Crippen molar-refractivity contribution in [1.29, 1.82) is 0 Å². The van der Waals surface area contributed by atoms with Gasteiger partial charge in [-0.25, -0.2) is 4.98 Å². The third-order valence-corrected chi connectivity index (χ3v) is 4.54. The highest BCUT2D eigenvalue weighted by molar-refractivity contribution is 9.10. The third-order valence-electron chi connectivity index (χ3n) is 3.45. The highest BCUT2D eigenvalue weighted by atomic mass is 79.9. The van der Waals surface area contributed by atoms with Crippen molar-refractivity contribution in [2.45, 2.75) is 19.8 Å². The number of nitrogens with zero attached hydrogens (tertiary/aromatic N) is 2. The summed E-state index contributed by atoms with van der Waals surface area (Å²) in [6.07, 6.45) is 2.81. The number of anilines is 1. The molecule has 1 aromatic heterocycles. The van der Waals surface area contributed by atoms with E-state index in [0.717, 1.165) is 20.3 Å². The van der Waals surface area contributed by atoms with Gasteiger partial charge in [0.25, 0.3) is 0 Å². The first-order valence-electron chi connectivity index (χ1n) is 7.29. The van der Waals surface area contributed by atoms with Crippen LogP contribution in [0.1, 0.15) is 18.9 Å². The molecule has 122 valence electrons. The van der Waals surface area contributed by atoms with Crippen molar-refractivity contribution in [3.8, 4) is 5.75 Å². The summed E-state index contributed by atoms with van der Waals surface area (Å²) in [4.78, 5) is 18.5. The maximum atomic E-state index is 12.5. The third kappa shape index (κ3) is 4.78. The van der Waals surface area contributed by atoms with Crippen LogP contribution in [0.25, 0.3) is 0 Å². The van der Waals surface area contributed by atoms with Gasteiger partial charge in [0.1, 0.15) is 11.6 Å². The van der Waals surface area contributed by atoms with Gasteiger partial charge in [-0.3, -0.25) is 9.69 Å². The van der Waals surface area contributed by atoms with Crippen molar-refractivity contribution < 1.29 is 9.53 Å². The first kappa shape index (κ1) is 17.9. The molecule has 1 heterocycles. The smallest absolute Gasteiger partial charge is 0.228 e. The number of amides is 1. The van der Waals surface area contributed by atoms with Gasteiger partial charge in [-0.1, -0.05) is 6.07 Å². The number of aryl methyl sites for hydroxylation is 1. The molecule has 0 aliphatic heterocycles. The minimum absolute atomic E-state index is 0.0641. The van der Waals surface area contributed by atoms with Gasteiger partial charge in [0.15, 0.2) is 0 Å². The number of carbonyl (C=O) groups excluding carboxylic acids is 1. The predicted molar refractivity (Wildman–Crippen MR) is 99.0 cm³/mol. The van der Waals surface area contributed by atoms with Crippen molar-refractivity contribution >= 4 is 43.6 Å². The molecule has 0 unspecified atom stereocenters. The minimum atomic E-state index is 0.0641. The van der Waals surface area contributed by atoms with Gasteiger partial charge in [-0.15, -0.1) is 0 Å². The lowest BCUT2D eigenvalue weighted by Gasteiger charge is -2.20. The number of methoxy groups -OCH3 is 1. The van der Waals surface area contributed by atoms with Gasteiger partial charge in [0.2, 0.25) is 5.91 Å². The molecular weight excluding hydrogens is 424 g/mol. The second-order valence-electron chi connectivity index (χ2n) is 4.94. The van der Waals surface area contributed by atoms with E-state index in [1.165, 1.54) is 0 Å². The van der Waals surface area contributed by atoms with Crippen LogP contribution < -0.4 is 9.64 Å². The molecule has 0 aliphatic rings. The zero-order chi connectivity index (χ0) is 16.8. The number of carbonyl (C=O) groups is 1. The Labute approximate surface area is 153 Å². The van der Waals surface area contributed by atoms with Crippen molar-refractivity contribution in [2.75, 3.05) is 18.6 Å². The first-order chi connectivity index (χ1) is 11.0. The highest BCUT2D eigenvalue weighted by Crippen LogP contribution is 2.26. The van der Waals surface area contributed by atoms with Crippen LogP contribution in [0.2, 0.25) is 0 Å². The molecule has 0 aliphatic carbocycles. The van der Waals surface area contributed by atoms with Crippen LogP contribution in [0.15, 0.2) is 45.5 Å². The normalized spacial score (nSPS) is 10.4. The molecule has 0 atom stereocenters. The molecule has 23 heavy (non-hydrogen) atoms. The topological polar surface area (TPSA) is 42.4 Å². The summed E-state index contributed by atoms with van der Waals surface area (Å²) in [5.41, 5.74) is 1.09. The van der Waals surface area contributed by atoms with Crippen molar-refractivity contribution in [2.24, 2.45) is 0 Å². The molecule has 0 spiro atoms. The summed E-state index contributed by atoms with van der Waals surface area (Å²) in [6.45, 7) is 2.55. The summed E-state index contributed by atoms with van der Waals surface area (Å²) < 4.78 is 7.01. The standard InChI is InChI=1S/C17H18Br2N2O2/c1-3-21(16-8-6-13(18)11-20-16)17(22)9-5-12-4-7-15(23-2)14(19)10-12/h4,6-8,10-11H,3,5,9H2,1-2H3. The molecule has 1 amide bonds. The molecule has 6 heteroatoms. The Morgan fingerprint density at radius 3 is 2.61 bits per heavy atom. The average molecular weight is 442 g/mol. The lowest BCUT2D eigenvalue weighted by Crippen LogP contribution is -2.31. The summed E-state index contributed by atoms with van der Waals surface area (Å²) in [6, 6.07) is 9.59. The fourth-order valence-electron chi connectivity index (χ4n) is 2.25. The zero-order valence-electron chi connectivity index (χ0n) is 13.1. The minimum Gasteiger partial charge on any atom is -0.496 e. The Bertz CT molecular complexity index is 675. The summed E-state index contributed by atoms with van der Waals surface area (Å²) in [5.74, 6) is 1.53. The summed E-state index contributed by atoms with van der Waals surface area (Å²) >= 11 is 6.82. The average Bonchev–Trinajstić information content (AvgIpc) is 2.55. The van der Waals surface area contributed by atoms with E-state index < -0.39 is 0 Å². The van der Waals surface area contributed by atoms with Gasteiger partial charge in [0, 0.05) is 23.6 Å². The molecule has 2 rings (SSSR count). The Morgan fingerprint density at radius 2 is 2.04 bits per heavy atom. The second kappa shape index (κ2) is 8.45. The fourth-order valence-corrected chi connectivity index (χ4v) is 3.07. The van der Waals surface area contributed by atoms with Crippen molar-refractivity contribution in [3.63, 3.8) is 0 Å². The lowest BCUT2D eigenvalue weighted by molar-refractivity contribution is -0.118. The van der Waals surface area contributed by atoms with Gasteiger partial charge < -0.3 is 4.74 Å². The first-order valence-corrected chi connectivity index (χ1v) is 8.88. The predicted octanol–water partition coefficient (Wildman–Crippen LogP) is 4.60. The van der Waals surface area contributed by atoms with E-state index in [4.69, 9.17) is 4.74 Å². The van der Waals surface area contributed by atoms with Gasteiger partial charge in [-0.05, 0) is 75.0 Å². The number of halogens is 2.